The van der Waals surface area contributed by atoms with Crippen molar-refractivity contribution in [3.63, 3.8) is 0 Å². The van der Waals surface area contributed by atoms with Gasteiger partial charge in [0.05, 0.1) is 29.6 Å². The number of hydrogen-bond acceptors (Lipinski definition) is 4. The number of rotatable bonds is 6. The number of ether oxygens (including phenoxy) is 1. The number of benzene rings is 1. The lowest BCUT2D eigenvalue weighted by atomic mass is 10.2. The third kappa shape index (κ3) is 4.75. The van der Waals surface area contributed by atoms with E-state index in [9.17, 15) is 0 Å². The molecule has 0 saturated heterocycles. The highest BCUT2D eigenvalue weighted by Gasteiger charge is 2.00. The maximum atomic E-state index is 8.70. The predicted molar refractivity (Wildman–Crippen MR) is 69.7 cm³/mol. The van der Waals surface area contributed by atoms with Crippen molar-refractivity contribution in [1.29, 1.82) is 5.26 Å². The van der Waals surface area contributed by atoms with Gasteiger partial charge in [0.15, 0.2) is 0 Å². The van der Waals surface area contributed by atoms with Crippen LogP contribution in [0.25, 0.3) is 0 Å². The summed E-state index contributed by atoms with van der Waals surface area (Å²) in [4.78, 5) is 0. The molecule has 0 fully saturated rings. The molecule has 1 aromatic rings. The van der Waals surface area contributed by atoms with E-state index < -0.39 is 0 Å². The molecule has 0 aromatic heterocycles. The van der Waals surface area contributed by atoms with Crippen LogP contribution in [0.2, 0.25) is 0 Å². The minimum absolute atomic E-state index is 0.551. The van der Waals surface area contributed by atoms with E-state index in [2.05, 4.69) is 25.2 Å². The maximum Gasteiger partial charge on any atom is 0.0992 e. The minimum Gasteiger partial charge on any atom is -0.397 e. The van der Waals surface area contributed by atoms with Crippen molar-refractivity contribution in [2.24, 2.45) is 5.92 Å². The Bertz CT molecular complexity index is 396. The molecule has 0 spiro atoms. The zero-order chi connectivity index (χ0) is 12.7. The Balaban J connectivity index is 2.35. The van der Waals surface area contributed by atoms with Gasteiger partial charge in [0.25, 0.3) is 0 Å². The molecule has 0 atom stereocenters. The summed E-state index contributed by atoms with van der Waals surface area (Å²) in [5, 5.41) is 11.9. The van der Waals surface area contributed by atoms with Gasteiger partial charge in [0.1, 0.15) is 0 Å². The summed E-state index contributed by atoms with van der Waals surface area (Å²) in [5.74, 6) is 0.551. The number of nitrogens with one attached hydrogen (secondary N) is 1. The molecule has 0 heterocycles. The zero-order valence-corrected chi connectivity index (χ0v) is 10.4. The molecule has 1 rings (SSSR count). The summed E-state index contributed by atoms with van der Waals surface area (Å²) in [5.41, 5.74) is 7.81. The van der Waals surface area contributed by atoms with Gasteiger partial charge < -0.3 is 15.8 Å². The van der Waals surface area contributed by atoms with Crippen LogP contribution in [0.4, 0.5) is 11.4 Å². The summed E-state index contributed by atoms with van der Waals surface area (Å²) < 4.78 is 5.45. The summed E-state index contributed by atoms with van der Waals surface area (Å²) in [6.45, 7) is 6.36. The van der Waals surface area contributed by atoms with Gasteiger partial charge in [-0.2, -0.15) is 5.26 Å². The molecular weight excluding hydrogens is 214 g/mol. The van der Waals surface area contributed by atoms with Crippen molar-refractivity contribution in [3.05, 3.63) is 23.8 Å². The molecule has 4 nitrogen and oxygen atoms in total. The number of anilines is 2. The van der Waals surface area contributed by atoms with Gasteiger partial charge in [-0.3, -0.25) is 0 Å². The normalized spacial score (nSPS) is 10.2. The first-order valence-electron chi connectivity index (χ1n) is 5.74. The highest BCUT2D eigenvalue weighted by molar-refractivity contribution is 5.68. The Morgan fingerprint density at radius 2 is 2.24 bits per heavy atom. The lowest BCUT2D eigenvalue weighted by Gasteiger charge is -2.10. The molecule has 0 unspecified atom stereocenters. The van der Waals surface area contributed by atoms with E-state index in [1.54, 1.807) is 12.1 Å². The smallest absolute Gasteiger partial charge is 0.0992 e. The first-order valence-corrected chi connectivity index (χ1v) is 5.74. The molecule has 92 valence electrons. The first kappa shape index (κ1) is 13.3. The van der Waals surface area contributed by atoms with Crippen molar-refractivity contribution in [2.75, 3.05) is 30.8 Å². The zero-order valence-electron chi connectivity index (χ0n) is 10.4. The highest BCUT2D eigenvalue weighted by atomic mass is 16.5. The molecule has 0 radical (unpaired) electrons. The van der Waals surface area contributed by atoms with Crippen LogP contribution < -0.4 is 11.1 Å². The van der Waals surface area contributed by atoms with E-state index in [4.69, 9.17) is 15.7 Å². The Morgan fingerprint density at radius 3 is 2.82 bits per heavy atom. The number of hydrogen-bond donors (Lipinski definition) is 2. The van der Waals surface area contributed by atoms with Crippen LogP contribution in [0.5, 0.6) is 0 Å². The highest BCUT2D eigenvalue weighted by Crippen LogP contribution is 2.18. The predicted octanol–water partition coefficient (Wildman–Crippen LogP) is 2.22. The molecule has 4 heteroatoms. The second kappa shape index (κ2) is 6.77. The maximum absolute atomic E-state index is 8.70. The number of nitrogen functional groups attached to an aromatic ring is 1. The molecular formula is C13H19N3O. The molecule has 0 amide bonds. The van der Waals surface area contributed by atoms with E-state index in [1.165, 1.54) is 0 Å². The lowest BCUT2D eigenvalue weighted by molar-refractivity contribution is 0.118. The van der Waals surface area contributed by atoms with Gasteiger partial charge in [-0.25, -0.2) is 0 Å². The molecule has 17 heavy (non-hydrogen) atoms. The SMILES string of the molecule is CC(C)COCCNc1ccc(C#N)cc1N. The van der Waals surface area contributed by atoms with Gasteiger partial charge in [-0.05, 0) is 24.1 Å². The van der Waals surface area contributed by atoms with Crippen LogP contribution in [0.1, 0.15) is 19.4 Å². The van der Waals surface area contributed by atoms with Crippen LogP contribution in [-0.4, -0.2) is 19.8 Å². The van der Waals surface area contributed by atoms with Gasteiger partial charge in [0.2, 0.25) is 0 Å². The topological polar surface area (TPSA) is 71.1 Å². The van der Waals surface area contributed by atoms with Crippen LogP contribution in [0, 0.1) is 17.2 Å². The fraction of sp³-hybridized carbons (Fsp3) is 0.462. The van der Waals surface area contributed by atoms with E-state index in [1.807, 2.05) is 6.07 Å². The van der Waals surface area contributed by atoms with Gasteiger partial charge in [-0.1, -0.05) is 13.8 Å². The minimum atomic E-state index is 0.551. The van der Waals surface area contributed by atoms with E-state index in [-0.39, 0.29) is 0 Å². The molecule has 0 bridgehead atoms. The lowest BCUT2D eigenvalue weighted by Crippen LogP contribution is -2.13. The Hall–Kier alpha value is -1.73. The van der Waals surface area contributed by atoms with Crippen molar-refractivity contribution < 1.29 is 4.74 Å². The molecule has 3 N–H and O–H groups in total. The molecule has 0 saturated carbocycles. The fourth-order valence-corrected chi connectivity index (χ4v) is 1.37. The van der Waals surface area contributed by atoms with Crippen molar-refractivity contribution in [2.45, 2.75) is 13.8 Å². The quantitative estimate of drug-likeness (QED) is 0.584. The average Bonchev–Trinajstić information content (AvgIpc) is 2.30. The molecule has 1 aromatic carbocycles. The second-order valence-corrected chi connectivity index (χ2v) is 4.31. The van der Waals surface area contributed by atoms with Crippen LogP contribution in [0.3, 0.4) is 0 Å². The molecule has 0 aliphatic heterocycles. The van der Waals surface area contributed by atoms with E-state index >= 15 is 0 Å². The van der Waals surface area contributed by atoms with Gasteiger partial charge in [0, 0.05) is 13.2 Å². The van der Waals surface area contributed by atoms with Crippen LogP contribution in [0.15, 0.2) is 18.2 Å². The summed E-state index contributed by atoms with van der Waals surface area (Å²) in [7, 11) is 0. The third-order valence-corrected chi connectivity index (χ3v) is 2.19. The fourth-order valence-electron chi connectivity index (χ4n) is 1.37. The van der Waals surface area contributed by atoms with Crippen molar-refractivity contribution >= 4 is 11.4 Å². The molecule has 0 aliphatic rings. The van der Waals surface area contributed by atoms with E-state index in [0.717, 1.165) is 12.3 Å². The average molecular weight is 233 g/mol. The summed E-state index contributed by atoms with van der Waals surface area (Å²) in [6, 6.07) is 7.27. The number of nitrogens with zero attached hydrogens (tertiary/aromatic N) is 1. The molecule has 0 aliphatic carbocycles. The van der Waals surface area contributed by atoms with E-state index in [0.29, 0.717) is 30.3 Å². The van der Waals surface area contributed by atoms with Crippen molar-refractivity contribution in [3.8, 4) is 6.07 Å². The Kier molecular flexibility index (Phi) is 5.31. The van der Waals surface area contributed by atoms with Crippen LogP contribution >= 0.6 is 0 Å². The first-order chi connectivity index (χ1) is 8.13. The summed E-state index contributed by atoms with van der Waals surface area (Å²) >= 11 is 0. The Morgan fingerprint density at radius 1 is 1.47 bits per heavy atom. The summed E-state index contributed by atoms with van der Waals surface area (Å²) in [6.07, 6.45) is 0. The Labute approximate surface area is 102 Å². The largest absolute Gasteiger partial charge is 0.397 e. The second-order valence-electron chi connectivity index (χ2n) is 4.31. The van der Waals surface area contributed by atoms with Crippen LogP contribution in [-0.2, 0) is 4.74 Å². The van der Waals surface area contributed by atoms with Gasteiger partial charge >= 0.3 is 0 Å². The standard InChI is InChI=1S/C13H19N3O/c1-10(2)9-17-6-5-16-13-4-3-11(8-14)7-12(13)15/h3-4,7,10,16H,5-6,9,15H2,1-2H3. The monoisotopic (exact) mass is 233 g/mol. The van der Waals surface area contributed by atoms with Crippen molar-refractivity contribution in [1.82, 2.24) is 0 Å². The number of nitrogens with two attached hydrogens (primary N) is 1. The number of nitriles is 1. The van der Waals surface area contributed by atoms with Gasteiger partial charge in [-0.15, -0.1) is 0 Å². The third-order valence-electron chi connectivity index (χ3n) is 2.19.